The summed E-state index contributed by atoms with van der Waals surface area (Å²) in [5.74, 6) is 1.70. The molecular weight excluding hydrogens is 236 g/mol. The summed E-state index contributed by atoms with van der Waals surface area (Å²) in [5, 5.41) is 4.63. The number of nitrogens with zero attached hydrogens (tertiary/aromatic N) is 4. The second-order valence-corrected chi connectivity index (χ2v) is 5.91. The second kappa shape index (κ2) is 4.93. The molecule has 0 bridgehead atoms. The van der Waals surface area contributed by atoms with E-state index in [1.807, 2.05) is 16.6 Å². The van der Waals surface area contributed by atoms with Gasteiger partial charge in [0.2, 0.25) is 0 Å². The molecule has 1 atom stereocenters. The Bertz CT molecular complexity index is 573. The van der Waals surface area contributed by atoms with Gasteiger partial charge in [-0.15, -0.1) is 0 Å². The van der Waals surface area contributed by atoms with Crippen LogP contribution in [0.3, 0.4) is 0 Å². The third-order valence-electron chi connectivity index (χ3n) is 4.11. The van der Waals surface area contributed by atoms with Crippen LogP contribution in [0.2, 0.25) is 0 Å². The molecule has 1 saturated heterocycles. The van der Waals surface area contributed by atoms with Crippen molar-refractivity contribution in [2.24, 2.45) is 5.92 Å². The molecule has 0 radical (unpaired) electrons. The van der Waals surface area contributed by atoms with Crippen LogP contribution in [-0.2, 0) is 6.42 Å². The fourth-order valence-corrected chi connectivity index (χ4v) is 2.92. The van der Waals surface area contributed by atoms with E-state index < -0.39 is 0 Å². The molecule has 0 saturated carbocycles. The Hall–Kier alpha value is -1.42. The highest BCUT2D eigenvalue weighted by atomic mass is 15.3. The van der Waals surface area contributed by atoms with E-state index in [2.05, 4.69) is 41.8 Å². The third-order valence-corrected chi connectivity index (χ3v) is 4.11. The average Bonchev–Trinajstić information content (AvgIpc) is 2.96. The zero-order valence-corrected chi connectivity index (χ0v) is 12.0. The smallest absolute Gasteiger partial charge is 0.155 e. The Morgan fingerprint density at radius 3 is 2.89 bits per heavy atom. The van der Waals surface area contributed by atoms with Gasteiger partial charge in [0.25, 0.3) is 0 Å². The van der Waals surface area contributed by atoms with E-state index >= 15 is 0 Å². The van der Waals surface area contributed by atoms with Gasteiger partial charge in [-0.25, -0.2) is 9.50 Å². The Balaban J connectivity index is 1.74. The summed E-state index contributed by atoms with van der Waals surface area (Å²) >= 11 is 0. The van der Waals surface area contributed by atoms with Gasteiger partial charge in [-0.1, -0.05) is 6.07 Å². The van der Waals surface area contributed by atoms with Gasteiger partial charge in [0, 0.05) is 24.7 Å². The lowest BCUT2D eigenvalue weighted by Crippen LogP contribution is -2.28. The van der Waals surface area contributed by atoms with Crippen molar-refractivity contribution in [2.45, 2.75) is 39.7 Å². The van der Waals surface area contributed by atoms with Crippen molar-refractivity contribution in [3.05, 3.63) is 29.7 Å². The molecule has 2 aromatic rings. The number of aryl methyl sites for hydroxylation is 1. The first-order valence-electron chi connectivity index (χ1n) is 7.19. The lowest BCUT2D eigenvalue weighted by molar-refractivity contribution is 0.264. The summed E-state index contributed by atoms with van der Waals surface area (Å²) in [4.78, 5) is 7.19. The molecule has 2 aromatic heterocycles. The molecular formula is C15H22N4. The third kappa shape index (κ3) is 2.50. The van der Waals surface area contributed by atoms with Crippen LogP contribution in [0.25, 0.3) is 5.65 Å². The minimum absolute atomic E-state index is 0.654. The Kier molecular flexibility index (Phi) is 3.27. The van der Waals surface area contributed by atoms with Crippen molar-refractivity contribution in [3.63, 3.8) is 0 Å². The van der Waals surface area contributed by atoms with Gasteiger partial charge in [-0.05, 0) is 51.8 Å². The number of aromatic nitrogens is 3. The normalized spacial score (nSPS) is 20.7. The molecule has 4 heteroatoms. The van der Waals surface area contributed by atoms with Gasteiger partial charge in [0.15, 0.2) is 11.5 Å². The molecule has 1 unspecified atom stereocenters. The van der Waals surface area contributed by atoms with Crippen molar-refractivity contribution < 1.29 is 0 Å². The topological polar surface area (TPSA) is 33.4 Å². The molecule has 0 aliphatic carbocycles. The molecule has 0 spiro atoms. The van der Waals surface area contributed by atoms with Crippen molar-refractivity contribution in [1.82, 2.24) is 19.5 Å². The quantitative estimate of drug-likeness (QED) is 0.847. The molecule has 3 rings (SSSR count). The fraction of sp³-hybridized carbons (Fsp3) is 0.600. The number of pyridine rings is 1. The Morgan fingerprint density at radius 2 is 2.21 bits per heavy atom. The Labute approximate surface area is 114 Å². The Morgan fingerprint density at radius 1 is 1.37 bits per heavy atom. The molecule has 1 aliphatic heterocycles. The van der Waals surface area contributed by atoms with Gasteiger partial charge in [0.05, 0.1) is 0 Å². The van der Waals surface area contributed by atoms with Gasteiger partial charge in [-0.3, -0.25) is 0 Å². The first-order chi connectivity index (χ1) is 9.13. The van der Waals surface area contributed by atoms with Gasteiger partial charge in [0.1, 0.15) is 0 Å². The molecule has 0 amide bonds. The SMILES string of the molecule is Cc1cccc2nc(CC3CCN(C(C)C)C3)nn12. The molecule has 3 heterocycles. The number of rotatable bonds is 3. The molecule has 0 aromatic carbocycles. The van der Waals surface area contributed by atoms with Crippen molar-refractivity contribution in [3.8, 4) is 0 Å². The zero-order chi connectivity index (χ0) is 13.4. The summed E-state index contributed by atoms with van der Waals surface area (Å²) in [6.07, 6.45) is 2.27. The molecule has 1 aliphatic rings. The first-order valence-corrected chi connectivity index (χ1v) is 7.19. The number of hydrogen-bond acceptors (Lipinski definition) is 3. The van der Waals surface area contributed by atoms with Crippen molar-refractivity contribution in [2.75, 3.05) is 13.1 Å². The van der Waals surface area contributed by atoms with Crippen LogP contribution >= 0.6 is 0 Å². The van der Waals surface area contributed by atoms with E-state index in [-0.39, 0.29) is 0 Å². The predicted octanol–water partition coefficient (Wildman–Crippen LogP) is 2.31. The highest BCUT2D eigenvalue weighted by Crippen LogP contribution is 2.21. The molecule has 102 valence electrons. The minimum atomic E-state index is 0.654. The lowest BCUT2D eigenvalue weighted by Gasteiger charge is -2.19. The van der Waals surface area contributed by atoms with E-state index in [0.29, 0.717) is 12.0 Å². The highest BCUT2D eigenvalue weighted by Gasteiger charge is 2.25. The highest BCUT2D eigenvalue weighted by molar-refractivity contribution is 5.38. The summed E-state index contributed by atoms with van der Waals surface area (Å²) in [5.41, 5.74) is 2.11. The van der Waals surface area contributed by atoms with Gasteiger partial charge in [-0.2, -0.15) is 5.10 Å². The number of fused-ring (bicyclic) bond motifs is 1. The van der Waals surface area contributed by atoms with Crippen LogP contribution in [0.5, 0.6) is 0 Å². The van der Waals surface area contributed by atoms with E-state index in [0.717, 1.165) is 23.6 Å². The first kappa shape index (κ1) is 12.6. The molecule has 4 nitrogen and oxygen atoms in total. The minimum Gasteiger partial charge on any atom is -0.301 e. The molecule has 19 heavy (non-hydrogen) atoms. The van der Waals surface area contributed by atoms with Crippen LogP contribution in [0.4, 0.5) is 0 Å². The van der Waals surface area contributed by atoms with Crippen LogP contribution < -0.4 is 0 Å². The largest absolute Gasteiger partial charge is 0.301 e. The fourth-order valence-electron chi connectivity index (χ4n) is 2.92. The van der Waals surface area contributed by atoms with E-state index in [9.17, 15) is 0 Å². The monoisotopic (exact) mass is 258 g/mol. The maximum atomic E-state index is 4.64. The van der Waals surface area contributed by atoms with Crippen molar-refractivity contribution >= 4 is 5.65 Å². The maximum Gasteiger partial charge on any atom is 0.155 e. The molecule has 1 fully saturated rings. The van der Waals surface area contributed by atoms with E-state index in [1.54, 1.807) is 0 Å². The van der Waals surface area contributed by atoms with Crippen LogP contribution in [0, 0.1) is 12.8 Å². The lowest BCUT2D eigenvalue weighted by atomic mass is 10.1. The van der Waals surface area contributed by atoms with Crippen LogP contribution in [0.1, 0.15) is 31.8 Å². The summed E-state index contributed by atoms with van der Waals surface area (Å²) in [6.45, 7) is 9.02. The average molecular weight is 258 g/mol. The zero-order valence-electron chi connectivity index (χ0n) is 12.0. The van der Waals surface area contributed by atoms with E-state index in [1.165, 1.54) is 19.5 Å². The second-order valence-electron chi connectivity index (χ2n) is 5.91. The van der Waals surface area contributed by atoms with Crippen molar-refractivity contribution in [1.29, 1.82) is 0 Å². The maximum absolute atomic E-state index is 4.64. The summed E-state index contributed by atoms with van der Waals surface area (Å²) in [6, 6.07) is 6.79. The standard InChI is InChI=1S/C15H22N4/c1-11(2)18-8-7-13(10-18)9-14-16-15-6-4-5-12(3)19(15)17-14/h4-6,11,13H,7-10H2,1-3H3. The summed E-state index contributed by atoms with van der Waals surface area (Å²) < 4.78 is 1.95. The molecule has 0 N–H and O–H groups in total. The van der Waals surface area contributed by atoms with Crippen LogP contribution in [-0.4, -0.2) is 38.6 Å². The van der Waals surface area contributed by atoms with E-state index in [4.69, 9.17) is 0 Å². The number of likely N-dealkylation sites (tertiary alicyclic amines) is 1. The predicted molar refractivity (Wildman–Crippen MR) is 76.2 cm³/mol. The number of hydrogen-bond donors (Lipinski definition) is 0. The van der Waals surface area contributed by atoms with Crippen LogP contribution in [0.15, 0.2) is 18.2 Å². The van der Waals surface area contributed by atoms with Gasteiger partial charge < -0.3 is 4.90 Å². The summed E-state index contributed by atoms with van der Waals surface area (Å²) in [7, 11) is 0. The van der Waals surface area contributed by atoms with Gasteiger partial charge >= 0.3 is 0 Å².